The molecule has 1 heterocycles. The van der Waals surface area contributed by atoms with Crippen LogP contribution in [0.25, 0.3) is 0 Å². The van der Waals surface area contributed by atoms with Gasteiger partial charge in [-0.2, -0.15) is 8.78 Å². The zero-order valence-electron chi connectivity index (χ0n) is 14.8. The predicted octanol–water partition coefficient (Wildman–Crippen LogP) is 5.14. The third kappa shape index (κ3) is 5.40. The Morgan fingerprint density at radius 2 is 1.93 bits per heavy atom. The molecule has 1 amide bonds. The van der Waals surface area contributed by atoms with Gasteiger partial charge < -0.3 is 20.1 Å². The van der Waals surface area contributed by atoms with Crippen LogP contribution in [-0.2, 0) is 0 Å². The van der Waals surface area contributed by atoms with E-state index in [9.17, 15) is 13.6 Å². The second-order valence-corrected chi connectivity index (χ2v) is 6.34. The predicted molar refractivity (Wildman–Crippen MR) is 104 cm³/mol. The Hall–Kier alpha value is -3.20. The molecule has 0 aliphatic rings. The number of nitrogens with zero attached hydrogens (tertiary/aromatic N) is 1. The van der Waals surface area contributed by atoms with Crippen molar-refractivity contribution < 1.29 is 23.0 Å². The number of thiazole rings is 1. The van der Waals surface area contributed by atoms with Gasteiger partial charge in [0.05, 0.1) is 6.61 Å². The monoisotopic (exact) mass is 405 g/mol. The van der Waals surface area contributed by atoms with Gasteiger partial charge in [-0.3, -0.25) is 4.79 Å². The van der Waals surface area contributed by atoms with Gasteiger partial charge >= 0.3 is 6.61 Å². The van der Waals surface area contributed by atoms with Gasteiger partial charge in [0, 0.05) is 22.8 Å². The van der Waals surface area contributed by atoms with Crippen molar-refractivity contribution in [2.75, 3.05) is 17.2 Å². The van der Waals surface area contributed by atoms with Crippen LogP contribution < -0.4 is 20.1 Å². The van der Waals surface area contributed by atoms with Gasteiger partial charge in [0.2, 0.25) is 0 Å². The molecule has 6 nitrogen and oxygen atoms in total. The largest absolute Gasteiger partial charge is 0.494 e. The van der Waals surface area contributed by atoms with E-state index in [0.29, 0.717) is 17.4 Å². The lowest BCUT2D eigenvalue weighted by Crippen LogP contribution is -2.12. The maximum Gasteiger partial charge on any atom is 0.387 e. The van der Waals surface area contributed by atoms with Gasteiger partial charge in [-0.1, -0.05) is 6.07 Å². The summed E-state index contributed by atoms with van der Waals surface area (Å²) in [6, 6.07) is 13.1. The number of carbonyl (C=O) groups is 1. The minimum absolute atomic E-state index is 0.0380. The van der Waals surface area contributed by atoms with Gasteiger partial charge in [0.1, 0.15) is 17.2 Å². The van der Waals surface area contributed by atoms with E-state index < -0.39 is 12.5 Å². The SMILES string of the molecule is CCOc1ccc(Nc2nc(C(=O)Nc3cccc(OC(F)F)c3)cs2)cc1. The first-order chi connectivity index (χ1) is 13.5. The van der Waals surface area contributed by atoms with Crippen LogP contribution in [0.3, 0.4) is 0 Å². The van der Waals surface area contributed by atoms with Crippen LogP contribution in [0.4, 0.5) is 25.3 Å². The molecule has 0 fully saturated rings. The summed E-state index contributed by atoms with van der Waals surface area (Å²) in [4.78, 5) is 16.6. The van der Waals surface area contributed by atoms with Crippen LogP contribution in [0.2, 0.25) is 0 Å². The van der Waals surface area contributed by atoms with Gasteiger partial charge in [0.15, 0.2) is 5.13 Å². The van der Waals surface area contributed by atoms with Crippen molar-refractivity contribution >= 4 is 33.8 Å². The molecule has 2 N–H and O–H groups in total. The molecule has 0 saturated heterocycles. The molecule has 0 saturated carbocycles. The molecule has 3 rings (SSSR count). The fourth-order valence-electron chi connectivity index (χ4n) is 2.31. The first kappa shape index (κ1) is 19.6. The normalized spacial score (nSPS) is 10.6. The third-order valence-corrected chi connectivity index (χ3v) is 4.23. The van der Waals surface area contributed by atoms with Crippen LogP contribution in [0.15, 0.2) is 53.9 Å². The summed E-state index contributed by atoms with van der Waals surface area (Å²) in [6.07, 6.45) is 0. The quantitative estimate of drug-likeness (QED) is 0.543. The number of halogens is 2. The van der Waals surface area contributed by atoms with Crippen molar-refractivity contribution in [1.82, 2.24) is 4.98 Å². The number of ether oxygens (including phenoxy) is 2. The van der Waals surface area contributed by atoms with Crippen molar-refractivity contribution in [3.05, 3.63) is 59.6 Å². The molecule has 0 unspecified atom stereocenters. The number of anilines is 3. The highest BCUT2D eigenvalue weighted by molar-refractivity contribution is 7.14. The number of amides is 1. The Morgan fingerprint density at radius 3 is 2.64 bits per heavy atom. The van der Waals surface area contributed by atoms with E-state index in [4.69, 9.17) is 4.74 Å². The van der Waals surface area contributed by atoms with Crippen molar-refractivity contribution in [2.45, 2.75) is 13.5 Å². The van der Waals surface area contributed by atoms with Crippen molar-refractivity contribution in [3.63, 3.8) is 0 Å². The minimum Gasteiger partial charge on any atom is -0.494 e. The summed E-state index contributed by atoms with van der Waals surface area (Å²) in [7, 11) is 0. The number of alkyl halides is 2. The number of nitrogens with one attached hydrogen (secondary N) is 2. The lowest BCUT2D eigenvalue weighted by molar-refractivity contribution is -0.0497. The number of carbonyl (C=O) groups excluding carboxylic acids is 1. The maximum absolute atomic E-state index is 12.3. The van der Waals surface area contributed by atoms with Gasteiger partial charge in [-0.25, -0.2) is 4.98 Å². The highest BCUT2D eigenvalue weighted by Gasteiger charge is 2.12. The number of benzene rings is 2. The van der Waals surface area contributed by atoms with Gasteiger partial charge in [0.25, 0.3) is 5.91 Å². The van der Waals surface area contributed by atoms with E-state index in [1.54, 1.807) is 11.4 Å². The van der Waals surface area contributed by atoms with Crippen LogP contribution in [0.1, 0.15) is 17.4 Å². The third-order valence-electron chi connectivity index (χ3n) is 3.47. The Balaban J connectivity index is 1.62. The van der Waals surface area contributed by atoms with Gasteiger partial charge in [-0.15, -0.1) is 11.3 Å². The standard InChI is InChI=1S/C19H17F2N3O3S/c1-2-26-14-8-6-12(7-9-14)23-19-24-16(11-28-19)17(25)22-13-4-3-5-15(10-13)27-18(20)21/h3-11,18H,2H2,1H3,(H,22,25)(H,23,24). The number of aromatic nitrogens is 1. The fraction of sp³-hybridized carbons (Fsp3) is 0.158. The molecular weight excluding hydrogens is 388 g/mol. The summed E-state index contributed by atoms with van der Waals surface area (Å²) in [5.74, 6) is 0.277. The molecule has 2 aromatic carbocycles. The van der Waals surface area contributed by atoms with E-state index in [-0.39, 0.29) is 11.4 Å². The molecule has 0 bridgehead atoms. The van der Waals surface area contributed by atoms with Crippen LogP contribution in [0, 0.1) is 0 Å². The lowest BCUT2D eigenvalue weighted by Gasteiger charge is -2.07. The van der Waals surface area contributed by atoms with Gasteiger partial charge in [-0.05, 0) is 43.3 Å². The lowest BCUT2D eigenvalue weighted by atomic mass is 10.3. The Bertz CT molecular complexity index is 932. The van der Waals surface area contributed by atoms with Crippen LogP contribution >= 0.6 is 11.3 Å². The second-order valence-electron chi connectivity index (χ2n) is 5.48. The molecule has 0 radical (unpaired) electrons. The van der Waals surface area contributed by atoms with E-state index in [2.05, 4.69) is 20.4 Å². The first-order valence-electron chi connectivity index (χ1n) is 8.35. The topological polar surface area (TPSA) is 72.5 Å². The number of rotatable bonds is 8. The first-order valence-corrected chi connectivity index (χ1v) is 9.23. The summed E-state index contributed by atoms with van der Waals surface area (Å²) in [5, 5.41) is 7.87. The molecule has 0 atom stereocenters. The van der Waals surface area contributed by atoms with Crippen LogP contribution in [-0.4, -0.2) is 24.1 Å². The summed E-state index contributed by atoms with van der Waals surface area (Å²) in [5.41, 5.74) is 1.34. The zero-order valence-corrected chi connectivity index (χ0v) is 15.6. The molecule has 0 spiro atoms. The summed E-state index contributed by atoms with van der Waals surface area (Å²) >= 11 is 1.27. The van der Waals surface area contributed by atoms with E-state index >= 15 is 0 Å². The molecule has 0 aliphatic carbocycles. The van der Waals surface area contributed by atoms with Crippen molar-refractivity contribution in [3.8, 4) is 11.5 Å². The van der Waals surface area contributed by atoms with Crippen molar-refractivity contribution in [1.29, 1.82) is 0 Å². The Labute approximate surface area is 164 Å². The van der Waals surface area contributed by atoms with Crippen LogP contribution in [0.5, 0.6) is 11.5 Å². The molecule has 146 valence electrons. The number of hydrogen-bond acceptors (Lipinski definition) is 6. The molecule has 0 aliphatic heterocycles. The average Bonchev–Trinajstić information content (AvgIpc) is 3.12. The Morgan fingerprint density at radius 1 is 1.14 bits per heavy atom. The second kappa shape index (κ2) is 9.14. The maximum atomic E-state index is 12.3. The van der Waals surface area contributed by atoms with E-state index in [1.807, 2.05) is 31.2 Å². The zero-order chi connectivity index (χ0) is 19.9. The smallest absolute Gasteiger partial charge is 0.387 e. The number of hydrogen-bond donors (Lipinski definition) is 2. The molecule has 1 aromatic heterocycles. The summed E-state index contributed by atoms with van der Waals surface area (Å²) < 4.78 is 34.3. The minimum atomic E-state index is -2.93. The highest BCUT2D eigenvalue weighted by atomic mass is 32.1. The molecule has 28 heavy (non-hydrogen) atoms. The molecular formula is C19H17F2N3O3S. The van der Waals surface area contributed by atoms with E-state index in [1.165, 1.54) is 29.5 Å². The average molecular weight is 405 g/mol. The molecule has 9 heteroatoms. The molecule has 3 aromatic rings. The Kier molecular flexibility index (Phi) is 6.38. The summed E-state index contributed by atoms with van der Waals surface area (Å²) in [6.45, 7) is -0.425. The van der Waals surface area contributed by atoms with Crippen molar-refractivity contribution in [2.24, 2.45) is 0 Å². The fourth-order valence-corrected chi connectivity index (χ4v) is 3.02. The highest BCUT2D eigenvalue weighted by Crippen LogP contribution is 2.24. The van der Waals surface area contributed by atoms with E-state index in [0.717, 1.165) is 11.4 Å².